The van der Waals surface area contributed by atoms with Gasteiger partial charge in [0.1, 0.15) is 12.7 Å². The minimum Gasteiger partial charge on any atom is -0.444 e. The molecule has 0 aromatic heterocycles. The molecule has 1 saturated heterocycles. The molecule has 2 aromatic carbocycles. The fraction of sp³-hybridized carbons (Fsp3) is 0.458. The Bertz CT molecular complexity index is 848. The van der Waals surface area contributed by atoms with E-state index in [0.717, 1.165) is 23.2 Å². The SMILES string of the molecule is CC(C)(C)[Si](C)(C)OC[C@H]1O[C@H]1Cc1ccccc1NC(=O)OCc1ccccc1. The van der Waals surface area contributed by atoms with Crippen molar-refractivity contribution in [2.45, 2.75) is 64.1 Å². The molecule has 2 aromatic rings. The van der Waals surface area contributed by atoms with E-state index in [4.69, 9.17) is 13.9 Å². The van der Waals surface area contributed by atoms with Crippen molar-refractivity contribution in [3.63, 3.8) is 0 Å². The van der Waals surface area contributed by atoms with Gasteiger partial charge in [0.05, 0.1) is 12.7 Å². The standard InChI is InChI=1S/C24H33NO4Si/c1-24(2,3)30(4,5)28-17-22-21(29-22)15-19-13-9-10-14-20(19)25-23(26)27-16-18-11-7-6-8-12-18/h6-14,21-22H,15-17H2,1-5H3,(H,25,26)/t21-,22+/m0/s1. The lowest BCUT2D eigenvalue weighted by Gasteiger charge is -2.36. The summed E-state index contributed by atoms with van der Waals surface area (Å²) in [6.45, 7) is 12.1. The lowest BCUT2D eigenvalue weighted by molar-refractivity contribution is 0.155. The molecule has 6 heteroatoms. The fourth-order valence-electron chi connectivity index (χ4n) is 2.92. The van der Waals surface area contributed by atoms with Crippen molar-refractivity contribution in [1.29, 1.82) is 0 Å². The first-order valence-corrected chi connectivity index (χ1v) is 13.4. The lowest BCUT2D eigenvalue weighted by atomic mass is 10.1. The second-order valence-corrected chi connectivity index (χ2v) is 14.1. The van der Waals surface area contributed by atoms with E-state index in [1.165, 1.54) is 0 Å². The van der Waals surface area contributed by atoms with Crippen LogP contribution in [0.5, 0.6) is 0 Å². The second kappa shape index (κ2) is 9.33. The number of carbonyl (C=O) groups is 1. The zero-order valence-electron chi connectivity index (χ0n) is 18.6. The molecule has 0 unspecified atom stereocenters. The van der Waals surface area contributed by atoms with E-state index < -0.39 is 14.4 Å². The van der Waals surface area contributed by atoms with Gasteiger partial charge in [0.15, 0.2) is 8.32 Å². The molecule has 1 aliphatic heterocycles. The number of rotatable bonds is 8. The summed E-state index contributed by atoms with van der Waals surface area (Å²) in [6, 6.07) is 17.4. The summed E-state index contributed by atoms with van der Waals surface area (Å²) in [7, 11) is -1.77. The minimum atomic E-state index is -1.77. The van der Waals surface area contributed by atoms with Gasteiger partial charge in [-0.25, -0.2) is 4.79 Å². The summed E-state index contributed by atoms with van der Waals surface area (Å²) in [6.07, 6.45) is 0.525. The smallest absolute Gasteiger partial charge is 0.411 e. The van der Waals surface area contributed by atoms with Gasteiger partial charge >= 0.3 is 6.09 Å². The maximum atomic E-state index is 12.2. The van der Waals surface area contributed by atoms with Crippen LogP contribution in [0.1, 0.15) is 31.9 Å². The molecule has 2 atom stereocenters. The average Bonchev–Trinajstić information content (AvgIpc) is 3.44. The van der Waals surface area contributed by atoms with Crippen LogP contribution in [0.25, 0.3) is 0 Å². The summed E-state index contributed by atoms with van der Waals surface area (Å²) in [5.74, 6) is 0. The van der Waals surface area contributed by atoms with Crippen LogP contribution in [0.3, 0.4) is 0 Å². The van der Waals surface area contributed by atoms with Crippen molar-refractivity contribution >= 4 is 20.1 Å². The Labute approximate surface area is 180 Å². The van der Waals surface area contributed by atoms with Gasteiger partial charge in [-0.05, 0) is 35.3 Å². The van der Waals surface area contributed by atoms with Crippen LogP contribution in [0.2, 0.25) is 18.1 Å². The number of hydrogen-bond acceptors (Lipinski definition) is 4. The Kier molecular flexibility index (Phi) is 7.01. The Morgan fingerprint density at radius 2 is 1.70 bits per heavy atom. The van der Waals surface area contributed by atoms with E-state index in [9.17, 15) is 4.79 Å². The number of amides is 1. The Balaban J connectivity index is 1.49. The van der Waals surface area contributed by atoms with Gasteiger partial charge in [0.25, 0.3) is 0 Å². The van der Waals surface area contributed by atoms with E-state index in [0.29, 0.717) is 6.61 Å². The molecule has 1 heterocycles. The first kappa shape index (κ1) is 22.5. The molecular formula is C24H33NO4Si. The minimum absolute atomic E-state index is 0.122. The highest BCUT2D eigenvalue weighted by Gasteiger charge is 2.43. The normalized spacial score (nSPS) is 18.7. The number of anilines is 1. The molecule has 162 valence electrons. The number of para-hydroxylation sites is 1. The molecule has 0 bridgehead atoms. The van der Waals surface area contributed by atoms with Gasteiger partial charge in [-0.1, -0.05) is 69.3 Å². The van der Waals surface area contributed by atoms with E-state index in [1.54, 1.807) is 0 Å². The highest BCUT2D eigenvalue weighted by molar-refractivity contribution is 6.74. The first-order chi connectivity index (χ1) is 14.2. The fourth-order valence-corrected chi connectivity index (χ4v) is 3.93. The van der Waals surface area contributed by atoms with Crippen molar-refractivity contribution in [2.75, 3.05) is 11.9 Å². The summed E-state index contributed by atoms with van der Waals surface area (Å²) in [4.78, 5) is 12.2. The van der Waals surface area contributed by atoms with Crippen LogP contribution in [0, 0.1) is 0 Å². The lowest BCUT2D eigenvalue weighted by Crippen LogP contribution is -2.41. The second-order valence-electron chi connectivity index (χ2n) is 9.33. The van der Waals surface area contributed by atoms with Crippen LogP contribution < -0.4 is 5.32 Å². The topological polar surface area (TPSA) is 60.1 Å². The van der Waals surface area contributed by atoms with Crippen LogP contribution in [0.4, 0.5) is 10.5 Å². The predicted octanol–water partition coefficient (Wildman–Crippen LogP) is 5.77. The Morgan fingerprint density at radius 1 is 1.03 bits per heavy atom. The van der Waals surface area contributed by atoms with Gasteiger partial charge in [-0.15, -0.1) is 0 Å². The summed E-state index contributed by atoms with van der Waals surface area (Å²) in [5, 5.41) is 3.05. The monoisotopic (exact) mass is 427 g/mol. The van der Waals surface area contributed by atoms with Gasteiger partial charge in [0.2, 0.25) is 0 Å². The maximum Gasteiger partial charge on any atom is 0.411 e. The van der Waals surface area contributed by atoms with Crippen molar-refractivity contribution in [1.82, 2.24) is 0 Å². The van der Waals surface area contributed by atoms with Crippen molar-refractivity contribution < 1.29 is 18.7 Å². The molecule has 0 spiro atoms. The zero-order chi connectivity index (χ0) is 21.8. The highest BCUT2D eigenvalue weighted by atomic mass is 28.4. The molecule has 1 aliphatic rings. The van der Waals surface area contributed by atoms with Crippen molar-refractivity contribution in [3.8, 4) is 0 Å². The molecule has 0 saturated carbocycles. The van der Waals surface area contributed by atoms with E-state index in [2.05, 4.69) is 39.2 Å². The number of carbonyl (C=O) groups excluding carboxylic acids is 1. The Morgan fingerprint density at radius 3 is 2.40 bits per heavy atom. The average molecular weight is 428 g/mol. The van der Waals surface area contributed by atoms with Gasteiger partial charge in [-0.2, -0.15) is 0 Å². The largest absolute Gasteiger partial charge is 0.444 e. The third-order valence-electron chi connectivity index (χ3n) is 5.99. The predicted molar refractivity (Wildman–Crippen MR) is 122 cm³/mol. The van der Waals surface area contributed by atoms with Crippen LogP contribution >= 0.6 is 0 Å². The van der Waals surface area contributed by atoms with E-state index in [1.807, 2.05) is 54.6 Å². The van der Waals surface area contributed by atoms with Crippen molar-refractivity contribution in [3.05, 3.63) is 65.7 Å². The van der Waals surface area contributed by atoms with Crippen LogP contribution in [0.15, 0.2) is 54.6 Å². The first-order valence-electron chi connectivity index (χ1n) is 10.5. The summed E-state index contributed by atoms with van der Waals surface area (Å²) < 4.78 is 17.5. The molecular weight excluding hydrogens is 394 g/mol. The quantitative estimate of drug-likeness (QED) is 0.429. The van der Waals surface area contributed by atoms with E-state index >= 15 is 0 Å². The number of hydrogen-bond donors (Lipinski definition) is 1. The molecule has 1 fully saturated rings. The number of nitrogens with one attached hydrogen (secondary N) is 1. The molecule has 0 aliphatic carbocycles. The van der Waals surface area contributed by atoms with E-state index in [-0.39, 0.29) is 23.9 Å². The van der Waals surface area contributed by atoms with Gasteiger partial charge in [0, 0.05) is 12.1 Å². The molecule has 1 amide bonds. The maximum absolute atomic E-state index is 12.2. The zero-order valence-corrected chi connectivity index (χ0v) is 19.6. The Hall–Kier alpha value is -2.15. The number of epoxide rings is 1. The number of ether oxygens (including phenoxy) is 2. The van der Waals surface area contributed by atoms with Crippen LogP contribution in [-0.2, 0) is 26.9 Å². The highest BCUT2D eigenvalue weighted by Crippen LogP contribution is 2.38. The molecule has 5 nitrogen and oxygen atoms in total. The third-order valence-corrected chi connectivity index (χ3v) is 10.5. The van der Waals surface area contributed by atoms with Crippen LogP contribution in [-0.4, -0.2) is 33.2 Å². The molecule has 0 radical (unpaired) electrons. The summed E-state index contributed by atoms with van der Waals surface area (Å²) >= 11 is 0. The molecule has 30 heavy (non-hydrogen) atoms. The van der Waals surface area contributed by atoms with Gasteiger partial charge in [-0.3, -0.25) is 5.32 Å². The van der Waals surface area contributed by atoms with Crippen molar-refractivity contribution in [2.24, 2.45) is 0 Å². The summed E-state index contributed by atoms with van der Waals surface area (Å²) in [5.41, 5.74) is 2.75. The molecule has 1 N–H and O–H groups in total. The van der Waals surface area contributed by atoms with Gasteiger partial charge < -0.3 is 13.9 Å². The molecule has 3 rings (SSSR count). The third kappa shape index (κ3) is 6.17. The number of benzene rings is 2.